The number of rotatable bonds is 5. The summed E-state index contributed by atoms with van der Waals surface area (Å²) < 4.78 is 51.6. The van der Waals surface area contributed by atoms with Crippen molar-refractivity contribution in [2.75, 3.05) is 6.61 Å². The van der Waals surface area contributed by atoms with Crippen molar-refractivity contribution in [3.05, 3.63) is 35.1 Å². The van der Waals surface area contributed by atoms with E-state index in [1.807, 2.05) is 0 Å². The van der Waals surface area contributed by atoms with Gasteiger partial charge in [0.1, 0.15) is 5.82 Å². The molecule has 1 amide bonds. The van der Waals surface area contributed by atoms with E-state index in [1.54, 1.807) is 0 Å². The molecule has 2 N–H and O–H groups in total. The third-order valence-corrected chi connectivity index (χ3v) is 3.48. The summed E-state index contributed by atoms with van der Waals surface area (Å²) in [5, 5.41) is 11.4. The molecule has 1 atom stereocenters. The maximum atomic E-state index is 13.0. The Kier molecular flexibility index (Phi) is 4.51. The lowest BCUT2D eigenvalue weighted by Crippen LogP contribution is -2.38. The third-order valence-electron chi connectivity index (χ3n) is 3.48. The highest BCUT2D eigenvalue weighted by Crippen LogP contribution is 2.35. The average molecular weight is 305 g/mol. The van der Waals surface area contributed by atoms with Gasteiger partial charge in [-0.1, -0.05) is 0 Å². The lowest BCUT2D eigenvalue weighted by molar-refractivity contribution is -0.138. The summed E-state index contributed by atoms with van der Waals surface area (Å²) in [5.41, 5.74) is -1.90. The Hall–Kier alpha value is -1.63. The Labute approximate surface area is 119 Å². The minimum atomic E-state index is -4.80. The van der Waals surface area contributed by atoms with Gasteiger partial charge in [0.2, 0.25) is 0 Å². The molecule has 0 bridgehead atoms. The molecule has 1 aliphatic carbocycles. The van der Waals surface area contributed by atoms with Crippen molar-refractivity contribution in [3.63, 3.8) is 0 Å². The maximum absolute atomic E-state index is 13.0. The van der Waals surface area contributed by atoms with Gasteiger partial charge in [-0.2, -0.15) is 13.2 Å². The summed E-state index contributed by atoms with van der Waals surface area (Å²) in [6.45, 7) is -0.156. The van der Waals surface area contributed by atoms with Gasteiger partial charge in [0, 0.05) is 12.6 Å². The minimum absolute atomic E-state index is 0.156. The van der Waals surface area contributed by atoms with Crippen molar-refractivity contribution >= 4 is 5.91 Å². The number of alkyl halides is 3. The molecular weight excluding hydrogens is 290 g/mol. The molecule has 0 saturated heterocycles. The van der Waals surface area contributed by atoms with Crippen LogP contribution < -0.4 is 5.32 Å². The number of carbonyl (C=O) groups is 1. The number of hydrogen-bond acceptors (Lipinski definition) is 2. The van der Waals surface area contributed by atoms with E-state index in [2.05, 4.69) is 5.32 Å². The van der Waals surface area contributed by atoms with Gasteiger partial charge in [0.05, 0.1) is 11.1 Å². The van der Waals surface area contributed by atoms with Crippen molar-refractivity contribution in [1.29, 1.82) is 0 Å². The molecule has 0 spiro atoms. The second-order valence-corrected chi connectivity index (χ2v) is 5.12. The van der Waals surface area contributed by atoms with E-state index in [4.69, 9.17) is 5.11 Å². The maximum Gasteiger partial charge on any atom is 0.417 e. The van der Waals surface area contributed by atoms with Gasteiger partial charge in [0.15, 0.2) is 0 Å². The van der Waals surface area contributed by atoms with Crippen LogP contribution in [0.3, 0.4) is 0 Å². The smallest absolute Gasteiger partial charge is 0.396 e. The summed E-state index contributed by atoms with van der Waals surface area (Å²) in [5.74, 6) is -1.75. The summed E-state index contributed by atoms with van der Waals surface area (Å²) in [4.78, 5) is 12.0. The number of hydrogen-bond donors (Lipinski definition) is 2. The number of benzene rings is 1. The molecule has 21 heavy (non-hydrogen) atoms. The van der Waals surface area contributed by atoms with Crippen LogP contribution in [0.2, 0.25) is 0 Å². The van der Waals surface area contributed by atoms with Gasteiger partial charge in [-0.25, -0.2) is 4.39 Å². The number of nitrogens with one attached hydrogen (secondary N) is 1. The van der Waals surface area contributed by atoms with E-state index in [-0.39, 0.29) is 18.6 Å². The first-order chi connectivity index (χ1) is 9.82. The van der Waals surface area contributed by atoms with Crippen LogP contribution >= 0.6 is 0 Å². The fourth-order valence-corrected chi connectivity index (χ4v) is 2.26. The molecule has 1 unspecified atom stereocenters. The number of amides is 1. The van der Waals surface area contributed by atoms with E-state index >= 15 is 0 Å². The van der Waals surface area contributed by atoms with Crippen LogP contribution in [-0.2, 0) is 6.18 Å². The first-order valence-corrected chi connectivity index (χ1v) is 6.61. The van der Waals surface area contributed by atoms with Crippen LogP contribution in [0.4, 0.5) is 17.6 Å². The second kappa shape index (κ2) is 6.01. The van der Waals surface area contributed by atoms with Crippen LogP contribution in [0.1, 0.15) is 35.2 Å². The van der Waals surface area contributed by atoms with Gasteiger partial charge < -0.3 is 10.4 Å². The van der Waals surface area contributed by atoms with Gasteiger partial charge in [0.25, 0.3) is 5.91 Å². The van der Waals surface area contributed by atoms with Crippen LogP contribution in [0.25, 0.3) is 0 Å². The Morgan fingerprint density at radius 2 is 2.05 bits per heavy atom. The number of carbonyl (C=O) groups excluding carboxylic acids is 1. The molecule has 1 aromatic rings. The Bertz CT molecular complexity index is 526. The highest BCUT2D eigenvalue weighted by atomic mass is 19.4. The van der Waals surface area contributed by atoms with Crippen LogP contribution in [-0.4, -0.2) is 23.7 Å². The molecule has 1 fully saturated rings. The molecule has 0 aliphatic heterocycles. The first kappa shape index (κ1) is 15.8. The molecule has 2 rings (SSSR count). The first-order valence-electron chi connectivity index (χ1n) is 6.61. The highest BCUT2D eigenvalue weighted by Gasteiger charge is 2.37. The minimum Gasteiger partial charge on any atom is -0.396 e. The molecule has 1 aromatic carbocycles. The van der Waals surface area contributed by atoms with E-state index in [1.165, 1.54) is 0 Å². The Balaban J connectivity index is 2.22. The topological polar surface area (TPSA) is 49.3 Å². The molecule has 116 valence electrons. The Morgan fingerprint density at radius 1 is 1.38 bits per heavy atom. The molecular formula is C14H15F4NO2. The van der Waals surface area contributed by atoms with Crippen LogP contribution in [0, 0.1) is 11.7 Å². The fourth-order valence-electron chi connectivity index (χ4n) is 2.26. The highest BCUT2D eigenvalue weighted by molar-refractivity contribution is 5.96. The van der Waals surface area contributed by atoms with Crippen molar-refractivity contribution in [2.24, 2.45) is 5.92 Å². The molecule has 0 heterocycles. The molecule has 1 saturated carbocycles. The van der Waals surface area contributed by atoms with Crippen molar-refractivity contribution in [3.8, 4) is 0 Å². The summed E-state index contributed by atoms with van der Waals surface area (Å²) >= 11 is 0. The molecule has 3 nitrogen and oxygen atoms in total. The molecule has 0 radical (unpaired) electrons. The van der Waals surface area contributed by atoms with Crippen LogP contribution in [0.5, 0.6) is 0 Å². The number of aliphatic hydroxyl groups excluding tert-OH is 1. The quantitative estimate of drug-likeness (QED) is 0.822. The number of halogens is 4. The van der Waals surface area contributed by atoms with E-state index in [0.717, 1.165) is 25.0 Å². The van der Waals surface area contributed by atoms with Gasteiger partial charge in [-0.15, -0.1) is 0 Å². The van der Waals surface area contributed by atoms with Gasteiger partial charge in [-0.3, -0.25) is 4.79 Å². The molecule has 0 aromatic heterocycles. The van der Waals surface area contributed by atoms with Gasteiger partial charge in [-0.05, 0) is 43.4 Å². The van der Waals surface area contributed by atoms with Gasteiger partial charge >= 0.3 is 6.18 Å². The zero-order chi connectivity index (χ0) is 15.6. The lowest BCUT2D eigenvalue weighted by atomic mass is 10.0. The van der Waals surface area contributed by atoms with E-state index in [0.29, 0.717) is 12.5 Å². The van der Waals surface area contributed by atoms with Crippen molar-refractivity contribution in [1.82, 2.24) is 5.32 Å². The Morgan fingerprint density at radius 3 is 2.57 bits per heavy atom. The zero-order valence-electron chi connectivity index (χ0n) is 11.1. The predicted molar refractivity (Wildman–Crippen MR) is 67.1 cm³/mol. The summed E-state index contributed by atoms with van der Waals surface area (Å²) in [6.07, 6.45) is -2.76. The lowest BCUT2D eigenvalue weighted by Gasteiger charge is -2.19. The number of aliphatic hydroxyl groups is 1. The van der Waals surface area contributed by atoms with E-state index in [9.17, 15) is 22.4 Å². The van der Waals surface area contributed by atoms with Crippen molar-refractivity contribution < 1.29 is 27.5 Å². The predicted octanol–water partition coefficient (Wildman–Crippen LogP) is 2.74. The third kappa shape index (κ3) is 3.93. The van der Waals surface area contributed by atoms with Crippen molar-refractivity contribution in [2.45, 2.75) is 31.5 Å². The molecule has 7 heteroatoms. The largest absolute Gasteiger partial charge is 0.417 e. The monoisotopic (exact) mass is 305 g/mol. The summed E-state index contributed by atoms with van der Waals surface area (Å²) in [7, 11) is 0. The fraction of sp³-hybridized carbons (Fsp3) is 0.500. The van der Waals surface area contributed by atoms with E-state index < -0.39 is 29.0 Å². The normalized spacial score (nSPS) is 16.6. The SMILES string of the molecule is O=C(NC(CCO)C1CC1)c1ccc(F)cc1C(F)(F)F. The second-order valence-electron chi connectivity index (χ2n) is 5.12. The average Bonchev–Trinajstić information content (AvgIpc) is 3.21. The standard InChI is InChI=1S/C14H15F4NO2/c15-9-3-4-10(11(7-9)14(16,17)18)13(21)19-12(5-6-20)8-1-2-8/h3-4,7-8,12,20H,1-2,5-6H2,(H,19,21). The zero-order valence-corrected chi connectivity index (χ0v) is 11.1. The molecule has 1 aliphatic rings. The van der Waals surface area contributed by atoms with Crippen LogP contribution in [0.15, 0.2) is 18.2 Å². The summed E-state index contributed by atoms with van der Waals surface area (Å²) in [6, 6.07) is 1.61.